The molecule has 4 rings (SSSR count). The number of hydrogen-bond donors (Lipinski definition) is 2. The van der Waals surface area contributed by atoms with Gasteiger partial charge in [-0.3, -0.25) is 4.79 Å². The number of carbonyl (C=O) groups excluding carboxylic acids is 1. The predicted octanol–water partition coefficient (Wildman–Crippen LogP) is 5.16. The molecular weight excluding hydrogens is 502 g/mol. The fourth-order valence-electron chi connectivity index (χ4n) is 4.08. The molecule has 0 saturated carbocycles. The van der Waals surface area contributed by atoms with Crippen molar-refractivity contribution in [3.8, 4) is 17.0 Å². The van der Waals surface area contributed by atoms with Gasteiger partial charge in [0, 0.05) is 55.9 Å². The number of hydrogen-bond acceptors (Lipinski definition) is 7. The van der Waals surface area contributed by atoms with Crippen LogP contribution in [0.5, 0.6) is 5.75 Å². The molecule has 198 valence electrons. The average Bonchev–Trinajstić information content (AvgIpc) is 3.28. The Balaban J connectivity index is 1.71. The van der Waals surface area contributed by atoms with Crippen molar-refractivity contribution < 1.29 is 9.53 Å². The number of aromatic nitrogens is 3. The van der Waals surface area contributed by atoms with Gasteiger partial charge in [0.1, 0.15) is 5.75 Å². The Morgan fingerprint density at radius 3 is 2.66 bits per heavy atom. The SMILES string of the molecule is C=CC(=O)Nc1cc(Nc2ncc(Cl)c(-c3ccc4c(ccn4C)c3)n2)c(OC)cc1N(C)CCN(C)C. The molecule has 2 N–H and O–H groups in total. The molecule has 2 aromatic heterocycles. The summed E-state index contributed by atoms with van der Waals surface area (Å²) >= 11 is 6.51. The van der Waals surface area contributed by atoms with E-state index >= 15 is 0 Å². The molecule has 0 spiro atoms. The predicted molar refractivity (Wildman–Crippen MR) is 156 cm³/mol. The van der Waals surface area contributed by atoms with Gasteiger partial charge in [0.15, 0.2) is 0 Å². The van der Waals surface area contributed by atoms with Gasteiger partial charge in [-0.1, -0.05) is 24.2 Å². The summed E-state index contributed by atoms with van der Waals surface area (Å²) in [6, 6.07) is 11.8. The van der Waals surface area contributed by atoms with Crippen LogP contribution in [0.1, 0.15) is 0 Å². The molecule has 0 bridgehead atoms. The number of halogens is 1. The number of carbonyl (C=O) groups is 1. The van der Waals surface area contributed by atoms with Crippen molar-refractivity contribution in [1.29, 1.82) is 0 Å². The fraction of sp³-hybridized carbons (Fsp3) is 0.250. The summed E-state index contributed by atoms with van der Waals surface area (Å²) < 4.78 is 7.75. The van der Waals surface area contributed by atoms with E-state index in [0.29, 0.717) is 33.8 Å². The van der Waals surface area contributed by atoms with Crippen molar-refractivity contribution >= 4 is 51.4 Å². The van der Waals surface area contributed by atoms with Crippen LogP contribution < -0.4 is 20.3 Å². The third-order valence-electron chi connectivity index (χ3n) is 6.20. The maximum absolute atomic E-state index is 12.2. The smallest absolute Gasteiger partial charge is 0.247 e. The summed E-state index contributed by atoms with van der Waals surface area (Å²) in [6.45, 7) is 5.16. The zero-order valence-corrected chi connectivity index (χ0v) is 23.0. The molecule has 4 aromatic rings. The van der Waals surface area contributed by atoms with E-state index in [-0.39, 0.29) is 5.91 Å². The quantitative estimate of drug-likeness (QED) is 0.272. The number of fused-ring (bicyclic) bond motifs is 1. The lowest BCUT2D eigenvalue weighted by molar-refractivity contribution is -0.111. The normalized spacial score (nSPS) is 11.0. The van der Waals surface area contributed by atoms with Crippen molar-refractivity contribution in [2.45, 2.75) is 0 Å². The van der Waals surface area contributed by atoms with E-state index in [2.05, 4.69) is 42.6 Å². The molecule has 1 amide bonds. The van der Waals surface area contributed by atoms with Gasteiger partial charge in [-0.2, -0.15) is 0 Å². The number of ether oxygens (including phenoxy) is 1. The van der Waals surface area contributed by atoms with E-state index in [0.717, 1.165) is 35.2 Å². The minimum atomic E-state index is -0.315. The van der Waals surface area contributed by atoms with E-state index in [1.54, 1.807) is 19.4 Å². The summed E-state index contributed by atoms with van der Waals surface area (Å²) in [4.78, 5) is 25.5. The summed E-state index contributed by atoms with van der Waals surface area (Å²) in [5, 5.41) is 7.67. The topological polar surface area (TPSA) is 87.5 Å². The van der Waals surface area contributed by atoms with Gasteiger partial charge >= 0.3 is 0 Å². The summed E-state index contributed by atoms with van der Waals surface area (Å²) in [5.74, 6) is 0.592. The number of anilines is 4. The molecule has 2 heterocycles. The number of amides is 1. The van der Waals surface area contributed by atoms with Crippen molar-refractivity contribution in [3.05, 3.63) is 66.5 Å². The molecule has 0 unspecified atom stereocenters. The lowest BCUT2D eigenvalue weighted by atomic mass is 10.1. The van der Waals surface area contributed by atoms with E-state index in [4.69, 9.17) is 21.3 Å². The Morgan fingerprint density at radius 1 is 1.16 bits per heavy atom. The van der Waals surface area contributed by atoms with E-state index in [1.807, 2.05) is 58.7 Å². The van der Waals surface area contributed by atoms with Crippen molar-refractivity contribution in [2.75, 3.05) is 56.9 Å². The van der Waals surface area contributed by atoms with Crippen LogP contribution in [0.4, 0.5) is 23.0 Å². The van der Waals surface area contributed by atoms with Gasteiger partial charge in [-0.15, -0.1) is 0 Å². The van der Waals surface area contributed by atoms with Crippen LogP contribution in [0.25, 0.3) is 22.2 Å². The summed E-state index contributed by atoms with van der Waals surface area (Å²) in [5.41, 5.74) is 4.59. The average molecular weight is 534 g/mol. The van der Waals surface area contributed by atoms with Crippen LogP contribution in [0.15, 0.2) is 61.4 Å². The van der Waals surface area contributed by atoms with Gasteiger partial charge < -0.3 is 29.7 Å². The first kappa shape index (κ1) is 27.0. The van der Waals surface area contributed by atoms with E-state index in [9.17, 15) is 4.79 Å². The molecule has 2 aromatic carbocycles. The molecule has 38 heavy (non-hydrogen) atoms. The molecule has 9 nitrogen and oxygen atoms in total. The number of rotatable bonds is 10. The molecule has 0 atom stereocenters. The second-order valence-corrected chi connectivity index (χ2v) is 9.61. The first-order valence-electron chi connectivity index (χ1n) is 12.1. The molecule has 10 heteroatoms. The van der Waals surface area contributed by atoms with E-state index < -0.39 is 0 Å². The Morgan fingerprint density at radius 2 is 1.95 bits per heavy atom. The zero-order chi connectivity index (χ0) is 27.4. The minimum absolute atomic E-state index is 0.315. The first-order valence-corrected chi connectivity index (χ1v) is 12.4. The van der Waals surface area contributed by atoms with Gasteiger partial charge in [0.2, 0.25) is 11.9 Å². The third kappa shape index (κ3) is 5.90. The monoisotopic (exact) mass is 533 g/mol. The second kappa shape index (κ2) is 11.5. The molecule has 0 aliphatic heterocycles. The number of nitrogens with one attached hydrogen (secondary N) is 2. The Labute approximate surface area is 227 Å². The Kier molecular flexibility index (Phi) is 8.19. The number of methoxy groups -OCH3 is 1. The van der Waals surface area contributed by atoms with Crippen molar-refractivity contribution in [1.82, 2.24) is 19.4 Å². The van der Waals surface area contributed by atoms with Crippen LogP contribution in [0.2, 0.25) is 5.02 Å². The van der Waals surface area contributed by atoms with Gasteiger partial charge in [-0.25, -0.2) is 9.97 Å². The van der Waals surface area contributed by atoms with Crippen molar-refractivity contribution in [2.24, 2.45) is 7.05 Å². The standard InChI is InChI=1S/C28H32ClN7O2/c1-7-26(37)31-21-15-22(25(38-6)16-24(21)36(5)13-12-34(2)3)32-28-30-17-20(29)27(33-28)19-8-9-23-18(14-19)10-11-35(23)4/h7-11,14-17H,1,12-13H2,2-6H3,(H,31,37)(H,30,32,33). The number of nitrogens with zero attached hydrogens (tertiary/aromatic N) is 5. The molecular formula is C28H32ClN7O2. The maximum atomic E-state index is 12.2. The van der Waals surface area contributed by atoms with Gasteiger partial charge in [0.05, 0.1) is 41.1 Å². The lowest BCUT2D eigenvalue weighted by Gasteiger charge is -2.26. The van der Waals surface area contributed by atoms with E-state index in [1.165, 1.54) is 6.08 Å². The number of benzene rings is 2. The third-order valence-corrected chi connectivity index (χ3v) is 6.48. The van der Waals surface area contributed by atoms with Crippen LogP contribution in [-0.4, -0.2) is 66.7 Å². The maximum Gasteiger partial charge on any atom is 0.247 e. The molecule has 0 aliphatic rings. The summed E-state index contributed by atoms with van der Waals surface area (Å²) in [6.07, 6.45) is 4.82. The lowest BCUT2D eigenvalue weighted by Crippen LogP contribution is -2.29. The fourth-order valence-corrected chi connectivity index (χ4v) is 4.29. The zero-order valence-electron chi connectivity index (χ0n) is 22.2. The largest absolute Gasteiger partial charge is 0.494 e. The summed E-state index contributed by atoms with van der Waals surface area (Å²) in [7, 11) is 9.59. The number of aryl methyl sites for hydroxylation is 1. The number of likely N-dealkylation sites (N-methyl/N-ethyl adjacent to an activating group) is 2. The molecule has 0 fully saturated rings. The first-order chi connectivity index (χ1) is 18.2. The highest BCUT2D eigenvalue weighted by atomic mass is 35.5. The Hall–Kier alpha value is -4.08. The Bertz CT molecular complexity index is 1480. The molecule has 0 radical (unpaired) electrons. The second-order valence-electron chi connectivity index (χ2n) is 9.20. The van der Waals surface area contributed by atoms with Crippen LogP contribution in [-0.2, 0) is 11.8 Å². The molecule has 0 saturated heterocycles. The van der Waals surface area contributed by atoms with Crippen LogP contribution in [0, 0.1) is 0 Å². The van der Waals surface area contributed by atoms with Gasteiger partial charge in [0.25, 0.3) is 0 Å². The highest BCUT2D eigenvalue weighted by Crippen LogP contribution is 2.38. The highest BCUT2D eigenvalue weighted by molar-refractivity contribution is 6.33. The minimum Gasteiger partial charge on any atom is -0.494 e. The highest BCUT2D eigenvalue weighted by Gasteiger charge is 2.17. The van der Waals surface area contributed by atoms with Crippen LogP contribution in [0.3, 0.4) is 0 Å². The van der Waals surface area contributed by atoms with Gasteiger partial charge in [-0.05, 0) is 44.4 Å². The van der Waals surface area contributed by atoms with Crippen molar-refractivity contribution in [3.63, 3.8) is 0 Å². The molecule has 0 aliphatic carbocycles. The van der Waals surface area contributed by atoms with Crippen LogP contribution >= 0.6 is 11.6 Å².